The van der Waals surface area contributed by atoms with Gasteiger partial charge in [-0.25, -0.2) is 21.1 Å². The molecule has 0 bridgehead atoms. The normalized spacial score (nSPS) is 10.9. The number of hydrogen-bond acceptors (Lipinski definition) is 3. The zero-order chi connectivity index (χ0) is 25.3. The van der Waals surface area contributed by atoms with Crippen molar-refractivity contribution in [1.82, 2.24) is 14.5 Å². The Morgan fingerprint density at radius 2 is 1.41 bits per heavy atom. The largest absolute Gasteiger partial charge is 2.00 e. The van der Waals surface area contributed by atoms with Gasteiger partial charge in [0.25, 0.3) is 0 Å². The third-order valence-electron chi connectivity index (χ3n) is 6.58. The van der Waals surface area contributed by atoms with Crippen LogP contribution in [0.25, 0.3) is 49.9 Å². The SMILES string of the molecule is [Pt+2].[c-]1c(Oc2ccc(-c3ccccc3)cn2)cccc1-c1[c-]c2c(cc1)c1ccccc1n2-c1ccccn1. The molecule has 0 fully saturated rings. The molecule has 4 nitrogen and oxygen atoms in total. The molecule has 188 valence electrons. The first-order chi connectivity index (χ1) is 18.8. The second-order valence-corrected chi connectivity index (χ2v) is 8.96. The molecule has 0 aliphatic carbocycles. The summed E-state index contributed by atoms with van der Waals surface area (Å²) in [5.41, 5.74) is 6.05. The Morgan fingerprint density at radius 1 is 0.590 bits per heavy atom. The molecule has 0 spiro atoms. The molecule has 0 radical (unpaired) electrons. The second-order valence-electron chi connectivity index (χ2n) is 8.96. The predicted molar refractivity (Wildman–Crippen MR) is 151 cm³/mol. The zero-order valence-electron chi connectivity index (χ0n) is 20.7. The number of nitrogens with zero attached hydrogens (tertiary/aromatic N) is 3. The maximum Gasteiger partial charge on any atom is 2.00 e. The van der Waals surface area contributed by atoms with E-state index in [-0.39, 0.29) is 21.1 Å². The van der Waals surface area contributed by atoms with Crippen molar-refractivity contribution in [3.05, 3.63) is 140 Å². The van der Waals surface area contributed by atoms with Crippen LogP contribution in [0.15, 0.2) is 128 Å². The van der Waals surface area contributed by atoms with Crippen LogP contribution in [-0.2, 0) is 21.1 Å². The maximum atomic E-state index is 6.06. The standard InChI is InChI=1S/C34H21N3O.Pt/c1-2-9-24(10-3-1)27-17-19-34(36-23-27)38-28-12-8-11-25(21-28)26-16-18-30-29-13-4-5-14-31(29)37(32(30)22-26)33-15-6-7-20-35-33;/h1-20,23H;/q-2;+2. The number of rotatable bonds is 5. The summed E-state index contributed by atoms with van der Waals surface area (Å²) in [6, 6.07) is 45.5. The summed E-state index contributed by atoms with van der Waals surface area (Å²) in [7, 11) is 0. The topological polar surface area (TPSA) is 39.9 Å². The molecule has 0 atom stereocenters. The Morgan fingerprint density at radius 3 is 2.23 bits per heavy atom. The summed E-state index contributed by atoms with van der Waals surface area (Å²) in [5, 5.41) is 2.30. The molecule has 4 aromatic carbocycles. The van der Waals surface area contributed by atoms with Gasteiger partial charge in [-0.3, -0.25) is 0 Å². The second kappa shape index (κ2) is 10.7. The van der Waals surface area contributed by atoms with E-state index in [1.807, 2.05) is 79.1 Å². The molecule has 3 heterocycles. The summed E-state index contributed by atoms with van der Waals surface area (Å²) < 4.78 is 8.22. The monoisotopic (exact) mass is 682 g/mol. The summed E-state index contributed by atoms with van der Waals surface area (Å²) in [6.45, 7) is 0. The molecule has 39 heavy (non-hydrogen) atoms. The fraction of sp³-hybridized carbons (Fsp3) is 0. The van der Waals surface area contributed by atoms with Crippen molar-refractivity contribution in [3.63, 3.8) is 0 Å². The van der Waals surface area contributed by atoms with Gasteiger partial charge in [-0.15, -0.1) is 18.2 Å². The molecule has 5 heteroatoms. The Hall–Kier alpha value is -4.53. The maximum absolute atomic E-state index is 6.06. The van der Waals surface area contributed by atoms with E-state index in [0.29, 0.717) is 11.6 Å². The van der Waals surface area contributed by atoms with Crippen LogP contribution in [0.3, 0.4) is 0 Å². The van der Waals surface area contributed by atoms with Crippen molar-refractivity contribution in [1.29, 1.82) is 0 Å². The van der Waals surface area contributed by atoms with Gasteiger partial charge in [0.1, 0.15) is 5.82 Å². The number of fused-ring (bicyclic) bond motifs is 3. The zero-order valence-corrected chi connectivity index (χ0v) is 23.0. The van der Waals surface area contributed by atoms with E-state index in [2.05, 4.69) is 75.2 Å². The van der Waals surface area contributed by atoms with E-state index in [0.717, 1.165) is 44.5 Å². The van der Waals surface area contributed by atoms with Gasteiger partial charge in [-0.2, -0.15) is 24.3 Å². The van der Waals surface area contributed by atoms with Crippen LogP contribution >= 0.6 is 0 Å². The summed E-state index contributed by atoms with van der Waals surface area (Å²) in [5.74, 6) is 1.98. The third-order valence-corrected chi connectivity index (χ3v) is 6.58. The minimum absolute atomic E-state index is 0. The summed E-state index contributed by atoms with van der Waals surface area (Å²) in [4.78, 5) is 9.12. The molecule has 0 unspecified atom stereocenters. The smallest absolute Gasteiger partial charge is 0.460 e. The number of aromatic nitrogens is 3. The molecule has 0 saturated heterocycles. The predicted octanol–water partition coefficient (Wildman–Crippen LogP) is 8.30. The number of hydrogen-bond donors (Lipinski definition) is 0. The molecule has 0 saturated carbocycles. The Bertz CT molecular complexity index is 1880. The molecular weight excluding hydrogens is 661 g/mol. The minimum Gasteiger partial charge on any atom is -0.460 e. The van der Waals surface area contributed by atoms with Crippen molar-refractivity contribution in [2.75, 3.05) is 0 Å². The average Bonchev–Trinajstić information content (AvgIpc) is 3.32. The van der Waals surface area contributed by atoms with E-state index < -0.39 is 0 Å². The molecule has 0 N–H and O–H groups in total. The first kappa shape index (κ1) is 24.8. The number of para-hydroxylation sites is 1. The van der Waals surface area contributed by atoms with Gasteiger partial charge < -0.3 is 9.30 Å². The third kappa shape index (κ3) is 4.76. The summed E-state index contributed by atoms with van der Waals surface area (Å²) in [6.07, 6.45) is 3.64. The minimum atomic E-state index is 0. The fourth-order valence-corrected chi connectivity index (χ4v) is 4.79. The van der Waals surface area contributed by atoms with E-state index >= 15 is 0 Å². The van der Waals surface area contributed by atoms with Gasteiger partial charge in [-0.05, 0) is 40.7 Å². The van der Waals surface area contributed by atoms with Crippen LogP contribution in [-0.4, -0.2) is 14.5 Å². The van der Waals surface area contributed by atoms with Gasteiger partial charge in [-0.1, -0.05) is 60.0 Å². The van der Waals surface area contributed by atoms with Crippen LogP contribution in [0.2, 0.25) is 0 Å². The van der Waals surface area contributed by atoms with Gasteiger partial charge >= 0.3 is 21.1 Å². The molecule has 7 aromatic rings. The van der Waals surface area contributed by atoms with Crippen molar-refractivity contribution >= 4 is 21.8 Å². The van der Waals surface area contributed by atoms with Gasteiger partial charge in [0.2, 0.25) is 5.88 Å². The van der Waals surface area contributed by atoms with Crippen LogP contribution in [0, 0.1) is 12.1 Å². The van der Waals surface area contributed by atoms with Gasteiger partial charge in [0.15, 0.2) is 0 Å². The van der Waals surface area contributed by atoms with Gasteiger partial charge in [0, 0.05) is 35.3 Å². The van der Waals surface area contributed by atoms with E-state index in [1.54, 1.807) is 0 Å². The summed E-state index contributed by atoms with van der Waals surface area (Å²) >= 11 is 0. The average molecular weight is 683 g/mol. The molecular formula is C34H21N3OPt. The molecule has 7 rings (SSSR count). The first-order valence-corrected chi connectivity index (χ1v) is 12.4. The van der Waals surface area contributed by atoms with Crippen LogP contribution < -0.4 is 4.74 Å². The van der Waals surface area contributed by atoms with Crippen LogP contribution in [0.1, 0.15) is 0 Å². The molecule has 0 aliphatic heterocycles. The number of pyridine rings is 2. The Balaban J connectivity index is 0.00000277. The van der Waals surface area contributed by atoms with E-state index in [4.69, 9.17) is 4.74 Å². The number of ether oxygens (including phenoxy) is 1. The van der Waals surface area contributed by atoms with Gasteiger partial charge in [0.05, 0.1) is 0 Å². The van der Waals surface area contributed by atoms with Crippen LogP contribution in [0.5, 0.6) is 11.6 Å². The van der Waals surface area contributed by atoms with Crippen molar-refractivity contribution in [2.45, 2.75) is 0 Å². The Kier molecular flexibility index (Phi) is 6.79. The van der Waals surface area contributed by atoms with Crippen molar-refractivity contribution in [2.24, 2.45) is 0 Å². The molecule has 0 aliphatic rings. The fourth-order valence-electron chi connectivity index (χ4n) is 4.79. The Labute approximate surface area is 240 Å². The van der Waals surface area contributed by atoms with Crippen molar-refractivity contribution in [3.8, 4) is 39.7 Å². The van der Waals surface area contributed by atoms with E-state index in [9.17, 15) is 0 Å². The number of benzene rings is 4. The molecule has 0 amide bonds. The first-order valence-electron chi connectivity index (χ1n) is 12.4. The molecule has 3 aromatic heterocycles. The quantitative estimate of drug-likeness (QED) is 0.172. The van der Waals surface area contributed by atoms with Crippen LogP contribution in [0.4, 0.5) is 0 Å². The van der Waals surface area contributed by atoms with E-state index in [1.165, 1.54) is 5.39 Å². The van der Waals surface area contributed by atoms with Crippen molar-refractivity contribution < 1.29 is 25.8 Å².